The van der Waals surface area contributed by atoms with Gasteiger partial charge in [0.25, 0.3) is 0 Å². The highest BCUT2D eigenvalue weighted by Gasteiger charge is 2.37. The fraction of sp³-hybridized carbons (Fsp3) is 0.480. The van der Waals surface area contributed by atoms with E-state index < -0.39 is 51.6 Å². The molecule has 754 valence electrons. The van der Waals surface area contributed by atoms with Crippen LogP contribution < -0.4 is 57.0 Å². The van der Waals surface area contributed by atoms with E-state index in [2.05, 4.69) is 49.7 Å². The highest BCUT2D eigenvalue weighted by atomic mass is 79.9. The quantitative estimate of drug-likeness (QED) is 0.0722. The maximum absolute atomic E-state index is 15.7. The van der Waals surface area contributed by atoms with Crippen molar-refractivity contribution < 1.29 is 141 Å². The number of hydrogen-bond acceptors (Lipinski definition) is 27. The van der Waals surface area contributed by atoms with Crippen molar-refractivity contribution in [1.82, 2.24) is 24.7 Å². The Labute approximate surface area is 823 Å². The van der Waals surface area contributed by atoms with E-state index >= 15 is 4.39 Å². The molecule has 8 aromatic rings. The van der Waals surface area contributed by atoms with Crippen LogP contribution in [0, 0.1) is 48.8 Å². The van der Waals surface area contributed by atoms with E-state index in [1.54, 1.807) is 84.9 Å². The van der Waals surface area contributed by atoms with Crippen LogP contribution in [0.15, 0.2) is 106 Å². The molecule has 30 nitrogen and oxygen atoms in total. The number of aliphatic hydroxyl groups is 1. The summed E-state index contributed by atoms with van der Waals surface area (Å²) in [5.74, 6) is 0.395. The van der Waals surface area contributed by atoms with Crippen LogP contribution in [0.4, 0.5) is 52.1 Å². The lowest BCUT2D eigenvalue weighted by molar-refractivity contribution is -0.122. The van der Waals surface area contributed by atoms with E-state index in [0.717, 1.165) is 47.3 Å². The van der Waals surface area contributed by atoms with Gasteiger partial charge in [-0.1, -0.05) is 6.82 Å². The molecule has 139 heavy (non-hydrogen) atoms. The van der Waals surface area contributed by atoms with Gasteiger partial charge >= 0.3 is 18.3 Å². The number of aromatic hydroxyl groups is 2. The maximum atomic E-state index is 15.7. The number of methoxy groups -OCH3 is 3. The number of aromatic nitrogens is 2. The second-order valence-corrected chi connectivity index (χ2v) is 37.5. The third kappa shape index (κ3) is 32.6. The van der Waals surface area contributed by atoms with Crippen LogP contribution in [0.1, 0.15) is 146 Å². The van der Waals surface area contributed by atoms with E-state index in [-0.39, 0.29) is 127 Å². The minimum absolute atomic E-state index is 0.00440. The molecular formula is C100H121BBr2F6N6O24. The van der Waals surface area contributed by atoms with Crippen LogP contribution in [0.25, 0.3) is 0 Å². The number of Topliss-reactive ketones (excluding diaryl/α,β-unsaturated/α-hetero) is 3. The average molecular weight is 2080 g/mol. The molecule has 4 fully saturated rings. The molecule has 2 radical (unpaired) electrons. The number of anilines is 2. The number of fused-ring (bicyclic) bond motifs is 6. The van der Waals surface area contributed by atoms with Gasteiger partial charge in [0.2, 0.25) is 11.8 Å². The van der Waals surface area contributed by atoms with Gasteiger partial charge in [0, 0.05) is 121 Å². The van der Waals surface area contributed by atoms with E-state index in [1.165, 1.54) is 55.9 Å². The summed E-state index contributed by atoms with van der Waals surface area (Å²) in [4.78, 5) is 83.7. The molecule has 18 rings (SSSR count). The molecule has 10 aliphatic rings. The summed E-state index contributed by atoms with van der Waals surface area (Å²) in [6, 6.07) is 22.5. The second-order valence-electron chi connectivity index (χ2n) is 35.7. The number of phenolic OH excluding ortho intramolecular Hbond substituents is 2. The van der Waals surface area contributed by atoms with Crippen molar-refractivity contribution in [3.63, 3.8) is 0 Å². The number of rotatable bonds is 8. The number of hydrogen-bond donors (Lipinski definition) is 3. The molecule has 3 atom stereocenters. The molecule has 0 spiro atoms. The van der Waals surface area contributed by atoms with Gasteiger partial charge < -0.3 is 106 Å². The summed E-state index contributed by atoms with van der Waals surface area (Å²) in [7, 11) is 9.06. The molecular weight excluding hydrogens is 1950 g/mol. The molecule has 2 aromatic heterocycles. The Balaban J connectivity index is 0.000000182. The summed E-state index contributed by atoms with van der Waals surface area (Å²) >= 11 is 6.36. The number of amides is 3. The van der Waals surface area contributed by atoms with Crippen molar-refractivity contribution in [2.24, 2.45) is 0 Å². The first-order chi connectivity index (χ1) is 66.0. The van der Waals surface area contributed by atoms with Crippen molar-refractivity contribution in [1.29, 1.82) is 0 Å². The molecule has 4 saturated heterocycles. The Kier molecular flexibility index (Phi) is 41.4. The molecule has 12 heterocycles. The normalized spacial score (nSPS) is 17.1. The van der Waals surface area contributed by atoms with Gasteiger partial charge in [-0.05, 0) is 238 Å². The van der Waals surface area contributed by atoms with Gasteiger partial charge in [-0.3, -0.25) is 14.4 Å². The number of nitrogens with zero attached hydrogens (tertiary/aromatic N) is 6. The fourth-order valence-corrected chi connectivity index (χ4v) is 15.7. The molecule has 0 saturated carbocycles. The monoisotopic (exact) mass is 2070 g/mol. The molecule has 0 unspecified atom stereocenters. The van der Waals surface area contributed by atoms with Gasteiger partial charge in [0.1, 0.15) is 101 Å². The molecule has 39 heteroatoms. The number of likely N-dealkylation sites (tertiary alicyclic amines) is 3. The lowest BCUT2D eigenvalue weighted by Gasteiger charge is -2.32. The van der Waals surface area contributed by atoms with Crippen molar-refractivity contribution in [2.45, 2.75) is 195 Å². The molecule has 0 bridgehead atoms. The lowest BCUT2D eigenvalue weighted by atomic mass is 10.0. The summed E-state index contributed by atoms with van der Waals surface area (Å²) in [5.41, 5.74) is 3.27. The third-order valence-electron chi connectivity index (χ3n) is 21.4. The van der Waals surface area contributed by atoms with E-state index in [0.29, 0.717) is 176 Å². The highest BCUT2D eigenvalue weighted by molar-refractivity contribution is 9.10. The van der Waals surface area contributed by atoms with Crippen LogP contribution in [0.5, 0.6) is 75.0 Å². The number of phenols is 2. The molecule has 0 aliphatic carbocycles. The highest BCUT2D eigenvalue weighted by Crippen LogP contribution is 2.45. The molecule has 6 aromatic carbocycles. The molecule has 10 aliphatic heterocycles. The summed E-state index contributed by atoms with van der Waals surface area (Å²) < 4.78 is 164. The number of carbonyl (C=O) groups excluding carboxylic acids is 6. The van der Waals surface area contributed by atoms with E-state index in [9.17, 15) is 55.8 Å². The van der Waals surface area contributed by atoms with Crippen LogP contribution in [-0.2, 0) is 65.4 Å². The average Bonchev–Trinajstić information content (AvgIpc) is 1.34. The predicted octanol–water partition coefficient (Wildman–Crippen LogP) is 18.5. The summed E-state index contributed by atoms with van der Waals surface area (Å²) in [6.45, 7) is 28.8. The summed E-state index contributed by atoms with van der Waals surface area (Å²) in [5, 5.41) is 27.3. The van der Waals surface area contributed by atoms with Gasteiger partial charge in [0.05, 0.1) is 84.5 Å². The number of ether oxygens (including phenoxy) is 15. The standard InChI is InChI=1S/C24H30FN3O5.C18H24FNO4.C10H9FO3.C9H6BrFO2.C9H7FO3.C9H9FO2.C9H17NO3.C7H8BrNO.C4H8O.CH3B/c1-15-12-16(13-26-22(15)30-5)28-10-11-31-19-7-6-18(20(25)21(19)28)32-17-8-9-27(14-17)23(29)33-24(2,3)4;1-18(2,3)24-17(21)20-9-8-12(11-20)23-15-7-6-14-13(16(15)19)5-4-10-22-14;1-13-9-3-2-8-7(10(9)11)4-6(12)5-14-8;10-7-1-2-8-6(9(7)11)3-5(12)4-13-8;10-9-6-3-5(11)4-13-8(6)2-1-7(9)12;10-9-6-2-1-5-12-8(6)4-3-7(9)11;1-9(2,3)13-8(12)10-5-4-7(11)6-10;1-5-3-6(8)4-9-7(5)10-2;1-2-4-5-3-1;1-2/h6-7,12-13,17H,8-11,14H2,1-5H3;6-7,12H,4-5,8-11H2,1-3H3;2-3H,4-5H2,1H3;1-2H,3-4H2;1-2,12H,3-4H2;3-4,11H,1-2,5H2;7,11H,4-6H2,1-3H3;3-4H,1-2H3;1-4H2;1H3/t17-;12-;;;;;7-;;;/m00....1.../s1. The Morgan fingerprint density at radius 2 is 0.827 bits per heavy atom. The van der Waals surface area contributed by atoms with Gasteiger partial charge in [-0.25, -0.2) is 50.7 Å². The fourth-order valence-electron chi connectivity index (χ4n) is 14.9. The van der Waals surface area contributed by atoms with Crippen LogP contribution in [-0.4, -0.2) is 239 Å². The Bertz CT molecular complexity index is 5470. The zero-order valence-corrected chi connectivity index (χ0v) is 83.9. The molecule has 3 N–H and O–H groups in total. The van der Waals surface area contributed by atoms with Gasteiger partial charge in [-0.15, -0.1) is 0 Å². The molecule has 3 amide bonds. The second kappa shape index (κ2) is 51.9. The van der Waals surface area contributed by atoms with Crippen LogP contribution in [0.2, 0.25) is 6.82 Å². The zero-order chi connectivity index (χ0) is 102. The number of aliphatic hydroxyl groups excluding tert-OH is 1. The minimum Gasteiger partial charge on any atom is -0.505 e. The topological polar surface area (TPSA) is 340 Å². The zero-order valence-electron chi connectivity index (χ0n) is 80.8. The number of aryl methyl sites for hydroxylation is 2. The first kappa shape index (κ1) is 111. The Morgan fingerprint density at radius 1 is 0.439 bits per heavy atom. The number of ketones is 3. The number of halogens is 8. The van der Waals surface area contributed by atoms with Crippen molar-refractivity contribution in [2.75, 3.05) is 125 Å². The van der Waals surface area contributed by atoms with Crippen molar-refractivity contribution in [3.05, 3.63) is 180 Å². The summed E-state index contributed by atoms with van der Waals surface area (Å²) in [6.07, 6.45) is 8.96. The smallest absolute Gasteiger partial charge is 0.410 e. The SMILES string of the molecule is C1CCOC1.CC(C)(C)OC(=O)N1CC[C@@H](O)C1.CC(C)(C)OC(=O)N1CC[C@H](Oc2ccc3c(c2F)CCCO3)C1.COc1ccc2c(c1F)CC(=O)CO2.COc1ncc(Br)cc1C.COc1ncc(N2CCOc3ccc(O[C@H]4CCN(C(=O)OC(C)(C)C)C4)c(F)c32)cc1C.O=C1COc2ccc(Br)c(F)c2C1.O=C1COc2ccc(O)c(F)c2C1.Oc1ccc2c(c1F)CCCO2.[B]C. The number of carbonyl (C=O) groups is 6. The van der Waals surface area contributed by atoms with Crippen molar-refractivity contribution >= 4 is 86.7 Å². The maximum Gasteiger partial charge on any atom is 0.410 e. The predicted molar refractivity (Wildman–Crippen MR) is 511 cm³/mol. The van der Waals surface area contributed by atoms with Crippen molar-refractivity contribution in [3.8, 4) is 75.0 Å². The van der Waals surface area contributed by atoms with Crippen LogP contribution >= 0.6 is 31.9 Å². The van der Waals surface area contributed by atoms with E-state index in [4.69, 9.17) is 81.3 Å². The number of benzene rings is 6. The number of β-amino-alcohol motifs (C(OH)–C–C–N with tert-alkyl or cyclic N) is 1. The Morgan fingerprint density at radius 3 is 1.27 bits per heavy atom. The minimum atomic E-state index is -0.759. The Hall–Kier alpha value is -11.8. The number of pyridine rings is 2. The van der Waals surface area contributed by atoms with E-state index in [1.807, 2.05) is 93.2 Å². The lowest BCUT2D eigenvalue weighted by Crippen LogP contribution is -2.36. The van der Waals surface area contributed by atoms with Gasteiger partial charge in [0.15, 0.2) is 75.2 Å². The first-order valence-electron chi connectivity index (χ1n) is 45.3. The van der Waals surface area contributed by atoms with Crippen LogP contribution in [0.3, 0.4) is 0 Å². The largest absolute Gasteiger partial charge is 0.505 e. The third-order valence-corrected chi connectivity index (χ3v) is 22.5. The van der Waals surface area contributed by atoms with Gasteiger partial charge in [-0.2, -0.15) is 0 Å². The first-order valence-corrected chi connectivity index (χ1v) is 46.9.